The molecule has 0 atom stereocenters. The van der Waals surface area contributed by atoms with Crippen LogP contribution in [0, 0.1) is 0 Å². The summed E-state index contributed by atoms with van der Waals surface area (Å²) < 4.78 is 10.9. The van der Waals surface area contributed by atoms with E-state index in [9.17, 15) is 5.11 Å². The van der Waals surface area contributed by atoms with Gasteiger partial charge in [0.15, 0.2) is 0 Å². The number of halogens is 1. The fourth-order valence-electron chi connectivity index (χ4n) is 2.19. The molecule has 0 unspecified atom stereocenters. The molecule has 1 fully saturated rings. The van der Waals surface area contributed by atoms with Crippen LogP contribution in [0.4, 0.5) is 0 Å². The van der Waals surface area contributed by atoms with E-state index in [-0.39, 0.29) is 11.3 Å². The summed E-state index contributed by atoms with van der Waals surface area (Å²) in [5.74, 6) is 1.59. The van der Waals surface area contributed by atoms with Gasteiger partial charge in [-0.25, -0.2) is 0 Å². The summed E-state index contributed by atoms with van der Waals surface area (Å²) in [7, 11) is 0. The maximum absolute atomic E-state index is 9.42. The van der Waals surface area contributed by atoms with Crippen molar-refractivity contribution in [2.45, 2.75) is 12.1 Å². The van der Waals surface area contributed by atoms with Crippen LogP contribution in [-0.4, -0.2) is 30.4 Å². The molecule has 0 radical (unpaired) electrons. The molecular formula is C15H17ClN2O3. The Kier molecular flexibility index (Phi) is 3.91. The molecule has 6 heteroatoms. The molecule has 1 aromatic heterocycles. The van der Waals surface area contributed by atoms with Gasteiger partial charge < -0.3 is 25.3 Å². The number of ether oxygens (including phenoxy) is 1. The van der Waals surface area contributed by atoms with Crippen LogP contribution < -0.4 is 11.1 Å². The van der Waals surface area contributed by atoms with Crippen molar-refractivity contribution < 1.29 is 14.3 Å². The minimum absolute atomic E-state index is 0.0600. The standard InChI is InChI=1S/C15H17ClN2O3/c16-12-5-10(1-3-13(12)19)14-4-2-11(21-14)6-18-7-15(17)8-20-9-15/h1-5,18-19H,6-9,17H2. The third kappa shape index (κ3) is 3.22. The molecule has 1 aliphatic heterocycles. The van der Waals surface area contributed by atoms with Crippen molar-refractivity contribution in [1.29, 1.82) is 0 Å². The van der Waals surface area contributed by atoms with Gasteiger partial charge in [0.1, 0.15) is 17.3 Å². The highest BCUT2D eigenvalue weighted by Crippen LogP contribution is 2.30. The fraction of sp³-hybridized carbons (Fsp3) is 0.333. The number of phenolic OH excluding ortho intramolecular Hbond substituents is 1. The van der Waals surface area contributed by atoms with Crippen LogP contribution in [0.3, 0.4) is 0 Å². The average molecular weight is 309 g/mol. The molecule has 1 aliphatic rings. The largest absolute Gasteiger partial charge is 0.506 e. The number of nitrogens with one attached hydrogen (secondary N) is 1. The molecule has 0 saturated carbocycles. The maximum atomic E-state index is 9.42. The first-order chi connectivity index (χ1) is 10.1. The van der Waals surface area contributed by atoms with Gasteiger partial charge in [0.05, 0.1) is 30.3 Å². The molecule has 0 spiro atoms. The van der Waals surface area contributed by atoms with Crippen molar-refractivity contribution in [2.24, 2.45) is 5.73 Å². The van der Waals surface area contributed by atoms with Crippen molar-refractivity contribution in [2.75, 3.05) is 19.8 Å². The summed E-state index contributed by atoms with van der Waals surface area (Å²) in [6.07, 6.45) is 0. The van der Waals surface area contributed by atoms with Gasteiger partial charge in [-0.05, 0) is 30.3 Å². The average Bonchev–Trinajstić information content (AvgIpc) is 2.89. The van der Waals surface area contributed by atoms with Crippen LogP contribution in [0.5, 0.6) is 5.75 Å². The van der Waals surface area contributed by atoms with E-state index >= 15 is 0 Å². The maximum Gasteiger partial charge on any atom is 0.134 e. The lowest BCUT2D eigenvalue weighted by Gasteiger charge is -2.37. The summed E-state index contributed by atoms with van der Waals surface area (Å²) in [5, 5.41) is 13.0. The molecule has 1 saturated heterocycles. The van der Waals surface area contributed by atoms with E-state index < -0.39 is 0 Å². The molecular weight excluding hydrogens is 292 g/mol. The zero-order valence-electron chi connectivity index (χ0n) is 11.4. The smallest absolute Gasteiger partial charge is 0.134 e. The van der Waals surface area contributed by atoms with Crippen molar-refractivity contribution in [3.05, 3.63) is 41.1 Å². The highest BCUT2D eigenvalue weighted by atomic mass is 35.5. The molecule has 21 heavy (non-hydrogen) atoms. The number of phenols is 1. The highest BCUT2D eigenvalue weighted by molar-refractivity contribution is 6.32. The number of benzene rings is 1. The van der Waals surface area contributed by atoms with Crippen molar-refractivity contribution in [3.63, 3.8) is 0 Å². The van der Waals surface area contributed by atoms with Crippen LogP contribution in [0.25, 0.3) is 11.3 Å². The fourth-order valence-corrected chi connectivity index (χ4v) is 2.37. The molecule has 112 valence electrons. The number of aromatic hydroxyl groups is 1. The third-order valence-electron chi connectivity index (χ3n) is 3.45. The summed E-state index contributed by atoms with van der Waals surface area (Å²) in [6, 6.07) is 8.77. The lowest BCUT2D eigenvalue weighted by molar-refractivity contribution is -0.0523. The first-order valence-electron chi connectivity index (χ1n) is 6.71. The number of nitrogens with two attached hydrogens (primary N) is 1. The highest BCUT2D eigenvalue weighted by Gasteiger charge is 2.33. The van der Waals surface area contributed by atoms with Gasteiger partial charge in [-0.15, -0.1) is 0 Å². The van der Waals surface area contributed by atoms with E-state index in [4.69, 9.17) is 26.5 Å². The molecule has 0 bridgehead atoms. The lowest BCUT2D eigenvalue weighted by atomic mass is 9.99. The predicted octanol–water partition coefficient (Wildman–Crippen LogP) is 2.12. The molecule has 5 nitrogen and oxygen atoms in total. The van der Waals surface area contributed by atoms with Gasteiger partial charge in [-0.3, -0.25) is 0 Å². The quantitative estimate of drug-likeness (QED) is 0.788. The first kappa shape index (κ1) is 14.4. The van der Waals surface area contributed by atoms with Crippen molar-refractivity contribution in [3.8, 4) is 17.1 Å². The molecule has 0 aliphatic carbocycles. The van der Waals surface area contributed by atoms with E-state index in [1.807, 2.05) is 12.1 Å². The Balaban J connectivity index is 1.61. The van der Waals surface area contributed by atoms with Crippen LogP contribution >= 0.6 is 11.6 Å². The van der Waals surface area contributed by atoms with E-state index in [2.05, 4.69) is 5.32 Å². The lowest BCUT2D eigenvalue weighted by Crippen LogP contribution is -2.62. The Morgan fingerprint density at radius 3 is 2.76 bits per heavy atom. The van der Waals surface area contributed by atoms with Gasteiger partial charge in [-0.1, -0.05) is 11.6 Å². The van der Waals surface area contributed by atoms with Gasteiger partial charge in [-0.2, -0.15) is 0 Å². The van der Waals surface area contributed by atoms with E-state index in [0.717, 1.165) is 11.3 Å². The second kappa shape index (κ2) is 5.69. The Morgan fingerprint density at radius 1 is 1.29 bits per heavy atom. The summed E-state index contributed by atoms with van der Waals surface area (Å²) >= 11 is 5.90. The van der Waals surface area contributed by atoms with Gasteiger partial charge in [0.25, 0.3) is 0 Å². The summed E-state index contributed by atoms with van der Waals surface area (Å²) in [6.45, 7) is 2.48. The minimum Gasteiger partial charge on any atom is -0.506 e. The predicted molar refractivity (Wildman–Crippen MR) is 80.3 cm³/mol. The first-order valence-corrected chi connectivity index (χ1v) is 7.08. The van der Waals surface area contributed by atoms with Crippen molar-refractivity contribution >= 4 is 11.6 Å². The van der Waals surface area contributed by atoms with Crippen molar-refractivity contribution in [1.82, 2.24) is 5.32 Å². The van der Waals surface area contributed by atoms with Crippen LogP contribution in [0.2, 0.25) is 5.02 Å². The SMILES string of the molecule is NC1(CNCc2ccc(-c3ccc(O)c(Cl)c3)o2)COC1. The Hall–Kier alpha value is -1.53. The molecule has 2 heterocycles. The second-order valence-electron chi connectivity index (χ2n) is 5.39. The summed E-state index contributed by atoms with van der Waals surface area (Å²) in [5.41, 5.74) is 6.61. The van der Waals surface area contributed by atoms with E-state index in [1.165, 1.54) is 0 Å². The van der Waals surface area contributed by atoms with E-state index in [0.29, 0.717) is 37.1 Å². The zero-order valence-corrected chi connectivity index (χ0v) is 12.2. The third-order valence-corrected chi connectivity index (χ3v) is 3.75. The topological polar surface area (TPSA) is 80.7 Å². The van der Waals surface area contributed by atoms with Gasteiger partial charge in [0, 0.05) is 12.1 Å². The molecule has 3 rings (SSSR count). The number of rotatable bonds is 5. The molecule has 4 N–H and O–H groups in total. The Morgan fingerprint density at radius 2 is 2.10 bits per heavy atom. The van der Waals surface area contributed by atoms with Gasteiger partial charge in [0.2, 0.25) is 0 Å². The Labute approximate surface area is 127 Å². The zero-order chi connectivity index (χ0) is 14.9. The normalized spacial score (nSPS) is 16.7. The molecule has 0 amide bonds. The molecule has 2 aromatic rings. The number of furan rings is 1. The van der Waals surface area contributed by atoms with Crippen LogP contribution in [0.15, 0.2) is 34.7 Å². The van der Waals surface area contributed by atoms with Crippen LogP contribution in [0.1, 0.15) is 5.76 Å². The minimum atomic E-state index is -0.250. The monoisotopic (exact) mass is 308 g/mol. The Bertz CT molecular complexity index is 638. The van der Waals surface area contributed by atoms with Gasteiger partial charge >= 0.3 is 0 Å². The summed E-state index contributed by atoms with van der Waals surface area (Å²) in [4.78, 5) is 0. The number of hydrogen-bond acceptors (Lipinski definition) is 5. The van der Waals surface area contributed by atoms with E-state index in [1.54, 1.807) is 18.2 Å². The second-order valence-corrected chi connectivity index (χ2v) is 5.80. The molecule has 1 aromatic carbocycles. The number of hydrogen-bond donors (Lipinski definition) is 3. The van der Waals surface area contributed by atoms with Crippen LogP contribution in [-0.2, 0) is 11.3 Å².